The Kier molecular flexibility index (Phi) is 6.33. The number of nitrogens with zero attached hydrogens (tertiary/aromatic N) is 1. The predicted octanol–water partition coefficient (Wildman–Crippen LogP) is 4.78. The van der Waals surface area contributed by atoms with Crippen molar-refractivity contribution in [2.24, 2.45) is 0 Å². The fourth-order valence-electron chi connectivity index (χ4n) is 3.30. The van der Waals surface area contributed by atoms with Gasteiger partial charge in [-0.2, -0.15) is 0 Å². The molecule has 10 heteroatoms. The third-order valence-corrected chi connectivity index (χ3v) is 5.39. The first kappa shape index (κ1) is 23.0. The number of hydrogen-bond donors (Lipinski definition) is 2. The number of carbonyl (C=O) groups excluding carboxylic acids is 1. The zero-order valence-electron chi connectivity index (χ0n) is 18.2. The van der Waals surface area contributed by atoms with Crippen molar-refractivity contribution < 1.29 is 26.8 Å². The topological polar surface area (TPSA) is 111 Å². The predicted molar refractivity (Wildman–Crippen MR) is 127 cm³/mol. The van der Waals surface area contributed by atoms with Gasteiger partial charge in [-0.05, 0) is 36.4 Å². The summed E-state index contributed by atoms with van der Waals surface area (Å²) >= 11 is 0. The van der Waals surface area contributed by atoms with E-state index in [1.807, 2.05) is 0 Å². The average molecular weight is 482 g/mol. The van der Waals surface area contributed by atoms with Crippen molar-refractivity contribution >= 4 is 27.3 Å². The fraction of sp³-hybridized carbons (Fsp3) is 0.0833. The van der Waals surface area contributed by atoms with Gasteiger partial charge in [0.25, 0.3) is 5.91 Å². The SMILES string of the molecule is COc1cc(NC(=O)c2ccccc2-c2ncc(-c3ccccc3F)o2)ccc1NS(C)(=O)=O. The number of hydrogen-bond acceptors (Lipinski definition) is 6. The molecule has 0 unspecified atom stereocenters. The Bertz CT molecular complexity index is 1470. The number of halogens is 1. The van der Waals surface area contributed by atoms with Crippen LogP contribution >= 0.6 is 0 Å². The van der Waals surface area contributed by atoms with Crippen molar-refractivity contribution in [3.05, 3.63) is 84.3 Å². The molecule has 0 aliphatic heterocycles. The first-order valence-electron chi connectivity index (χ1n) is 10.0. The van der Waals surface area contributed by atoms with Crippen LogP contribution in [0.4, 0.5) is 15.8 Å². The van der Waals surface area contributed by atoms with E-state index in [0.29, 0.717) is 11.3 Å². The zero-order chi connectivity index (χ0) is 24.3. The molecule has 0 bridgehead atoms. The second-order valence-corrected chi connectivity index (χ2v) is 9.05. The third kappa shape index (κ3) is 5.07. The smallest absolute Gasteiger partial charge is 0.256 e. The maximum absolute atomic E-state index is 14.1. The van der Waals surface area contributed by atoms with Gasteiger partial charge in [0.1, 0.15) is 11.6 Å². The van der Waals surface area contributed by atoms with Gasteiger partial charge in [0.05, 0.1) is 36.4 Å². The van der Waals surface area contributed by atoms with Crippen molar-refractivity contribution in [1.29, 1.82) is 0 Å². The molecule has 0 radical (unpaired) electrons. The van der Waals surface area contributed by atoms with E-state index >= 15 is 0 Å². The van der Waals surface area contributed by atoms with E-state index in [1.165, 1.54) is 37.6 Å². The number of methoxy groups -OCH3 is 1. The van der Waals surface area contributed by atoms with Gasteiger partial charge in [0, 0.05) is 17.3 Å². The highest BCUT2D eigenvalue weighted by Gasteiger charge is 2.19. The lowest BCUT2D eigenvalue weighted by molar-refractivity contribution is 0.102. The van der Waals surface area contributed by atoms with Crippen LogP contribution in [0.3, 0.4) is 0 Å². The van der Waals surface area contributed by atoms with E-state index in [9.17, 15) is 17.6 Å². The number of carbonyl (C=O) groups is 1. The number of sulfonamides is 1. The average Bonchev–Trinajstić information content (AvgIpc) is 3.29. The van der Waals surface area contributed by atoms with Gasteiger partial charge >= 0.3 is 0 Å². The molecule has 2 N–H and O–H groups in total. The van der Waals surface area contributed by atoms with Crippen LogP contribution in [0.25, 0.3) is 22.8 Å². The molecule has 0 spiro atoms. The lowest BCUT2D eigenvalue weighted by Gasteiger charge is -2.13. The number of ether oxygens (including phenoxy) is 1. The van der Waals surface area contributed by atoms with Gasteiger partial charge in [-0.1, -0.05) is 24.3 Å². The molecule has 174 valence electrons. The highest BCUT2D eigenvalue weighted by molar-refractivity contribution is 7.92. The number of anilines is 2. The van der Waals surface area contributed by atoms with Crippen molar-refractivity contribution in [2.45, 2.75) is 0 Å². The quantitative estimate of drug-likeness (QED) is 0.393. The van der Waals surface area contributed by atoms with Crippen molar-refractivity contribution in [3.8, 4) is 28.5 Å². The highest BCUT2D eigenvalue weighted by Crippen LogP contribution is 2.31. The summed E-state index contributed by atoms with van der Waals surface area (Å²) in [5.74, 6) is -0.263. The van der Waals surface area contributed by atoms with Gasteiger partial charge in [-0.25, -0.2) is 17.8 Å². The van der Waals surface area contributed by atoms with Crippen LogP contribution in [0.15, 0.2) is 77.3 Å². The summed E-state index contributed by atoms with van der Waals surface area (Å²) in [6.45, 7) is 0. The van der Waals surface area contributed by atoms with E-state index in [0.717, 1.165) is 6.26 Å². The Morgan fingerprint density at radius 3 is 2.44 bits per heavy atom. The molecular weight excluding hydrogens is 461 g/mol. The molecule has 3 aromatic carbocycles. The largest absolute Gasteiger partial charge is 0.494 e. The van der Waals surface area contributed by atoms with Gasteiger partial charge < -0.3 is 14.5 Å². The minimum absolute atomic E-state index is 0.161. The third-order valence-electron chi connectivity index (χ3n) is 4.80. The lowest BCUT2D eigenvalue weighted by Crippen LogP contribution is -2.14. The summed E-state index contributed by atoms with van der Waals surface area (Å²) in [6.07, 6.45) is 2.43. The summed E-state index contributed by atoms with van der Waals surface area (Å²) in [7, 11) is -2.12. The molecule has 0 atom stereocenters. The van der Waals surface area contributed by atoms with Gasteiger partial charge in [-0.15, -0.1) is 0 Å². The Balaban J connectivity index is 1.61. The molecule has 34 heavy (non-hydrogen) atoms. The first-order chi connectivity index (χ1) is 16.2. The maximum Gasteiger partial charge on any atom is 0.256 e. The first-order valence-corrected chi connectivity index (χ1v) is 11.9. The summed E-state index contributed by atoms with van der Waals surface area (Å²) in [5, 5.41) is 2.76. The lowest BCUT2D eigenvalue weighted by atomic mass is 10.1. The number of nitrogens with one attached hydrogen (secondary N) is 2. The summed E-state index contributed by atoms with van der Waals surface area (Å²) in [5.41, 5.74) is 1.59. The minimum atomic E-state index is -3.50. The van der Waals surface area contributed by atoms with Crippen LogP contribution in [-0.2, 0) is 10.0 Å². The van der Waals surface area contributed by atoms with Crippen LogP contribution < -0.4 is 14.8 Å². The molecule has 4 aromatic rings. The number of oxazole rings is 1. The molecule has 0 aliphatic carbocycles. The van der Waals surface area contributed by atoms with E-state index in [1.54, 1.807) is 42.5 Å². The molecule has 0 saturated carbocycles. The molecule has 4 rings (SSSR count). The van der Waals surface area contributed by atoms with Crippen LogP contribution in [0.2, 0.25) is 0 Å². The Labute approximate surface area is 195 Å². The Morgan fingerprint density at radius 1 is 1.03 bits per heavy atom. The molecule has 0 saturated heterocycles. The van der Waals surface area contributed by atoms with Crippen molar-refractivity contribution in [2.75, 3.05) is 23.4 Å². The fourth-order valence-corrected chi connectivity index (χ4v) is 3.87. The number of rotatable bonds is 7. The monoisotopic (exact) mass is 481 g/mol. The van der Waals surface area contributed by atoms with Crippen LogP contribution in [0.1, 0.15) is 10.4 Å². The number of aromatic nitrogens is 1. The molecular formula is C24H20FN3O5S. The number of amides is 1. The standard InChI is InChI=1S/C24H20FN3O5S/c1-32-21-13-15(11-12-20(21)28-34(2,30)31)27-23(29)16-7-3-4-8-17(16)24-26-14-22(33-24)18-9-5-6-10-19(18)25/h3-14,28H,1-2H3,(H,27,29). The summed E-state index contributed by atoms with van der Waals surface area (Å²) in [6, 6.07) is 17.4. The van der Waals surface area contributed by atoms with Crippen molar-refractivity contribution in [1.82, 2.24) is 4.98 Å². The molecule has 0 aliphatic rings. The molecule has 1 heterocycles. The van der Waals surface area contributed by atoms with Gasteiger partial charge in [0.2, 0.25) is 15.9 Å². The molecule has 0 fully saturated rings. The Morgan fingerprint density at radius 2 is 1.74 bits per heavy atom. The van der Waals surface area contributed by atoms with Crippen LogP contribution in [-0.4, -0.2) is 32.7 Å². The normalized spacial score (nSPS) is 11.1. The van der Waals surface area contributed by atoms with E-state index in [2.05, 4.69) is 15.0 Å². The number of benzene rings is 3. The second-order valence-electron chi connectivity index (χ2n) is 7.30. The summed E-state index contributed by atoms with van der Waals surface area (Å²) < 4.78 is 50.5. The van der Waals surface area contributed by atoms with E-state index in [4.69, 9.17) is 9.15 Å². The molecule has 1 aromatic heterocycles. The summed E-state index contributed by atoms with van der Waals surface area (Å²) in [4.78, 5) is 17.3. The van der Waals surface area contributed by atoms with Gasteiger partial charge in [-0.3, -0.25) is 9.52 Å². The van der Waals surface area contributed by atoms with Gasteiger partial charge in [0.15, 0.2) is 5.76 Å². The van der Waals surface area contributed by atoms with Crippen molar-refractivity contribution in [3.63, 3.8) is 0 Å². The van der Waals surface area contributed by atoms with E-state index < -0.39 is 21.7 Å². The maximum atomic E-state index is 14.1. The Hall–Kier alpha value is -4.18. The zero-order valence-corrected chi connectivity index (χ0v) is 19.0. The van der Waals surface area contributed by atoms with E-state index in [-0.39, 0.29) is 34.2 Å². The molecule has 8 nitrogen and oxygen atoms in total. The highest BCUT2D eigenvalue weighted by atomic mass is 32.2. The van der Waals surface area contributed by atoms with Crippen LogP contribution in [0.5, 0.6) is 5.75 Å². The minimum Gasteiger partial charge on any atom is -0.494 e. The second kappa shape index (κ2) is 9.36. The van der Waals surface area contributed by atoms with Crippen LogP contribution in [0, 0.1) is 5.82 Å². The molecule has 1 amide bonds.